The van der Waals surface area contributed by atoms with Crippen LogP contribution in [0, 0.1) is 17.3 Å². The van der Waals surface area contributed by atoms with Crippen molar-refractivity contribution >= 4 is 0 Å². The minimum Gasteiger partial charge on any atom is -0.496 e. The zero-order chi connectivity index (χ0) is 12.6. The van der Waals surface area contributed by atoms with E-state index in [1.807, 2.05) is 0 Å². The Morgan fingerprint density at radius 3 is 2.67 bits per heavy atom. The monoisotopic (exact) mass is 245 g/mol. The van der Waals surface area contributed by atoms with E-state index in [4.69, 9.17) is 4.74 Å². The molecule has 98 valence electrons. The van der Waals surface area contributed by atoms with Crippen molar-refractivity contribution in [3.05, 3.63) is 29.8 Å². The lowest BCUT2D eigenvalue weighted by atomic mass is 9.77. The molecule has 0 spiro atoms. The first-order valence-corrected chi connectivity index (χ1v) is 7.03. The zero-order valence-corrected chi connectivity index (χ0v) is 11.4. The van der Waals surface area contributed by atoms with Gasteiger partial charge in [0, 0.05) is 6.54 Å². The van der Waals surface area contributed by atoms with Crippen molar-refractivity contribution in [3.63, 3.8) is 0 Å². The van der Waals surface area contributed by atoms with E-state index in [0.717, 1.165) is 30.6 Å². The first-order valence-electron chi connectivity index (χ1n) is 7.03. The second-order valence-corrected chi connectivity index (χ2v) is 6.18. The molecule has 0 amide bonds. The number of hydrogen-bond donors (Lipinski definition) is 1. The molecule has 2 nitrogen and oxygen atoms in total. The summed E-state index contributed by atoms with van der Waals surface area (Å²) in [4.78, 5) is 0. The van der Waals surface area contributed by atoms with E-state index in [-0.39, 0.29) is 0 Å². The van der Waals surface area contributed by atoms with Crippen LogP contribution in [0.5, 0.6) is 5.75 Å². The van der Waals surface area contributed by atoms with E-state index >= 15 is 0 Å². The predicted octanol–water partition coefficient (Wildman–Crippen LogP) is 2.87. The van der Waals surface area contributed by atoms with E-state index in [2.05, 4.69) is 36.6 Å². The van der Waals surface area contributed by atoms with Gasteiger partial charge in [-0.15, -0.1) is 0 Å². The third kappa shape index (κ3) is 2.14. The van der Waals surface area contributed by atoms with Gasteiger partial charge in [0.05, 0.1) is 7.11 Å². The van der Waals surface area contributed by atoms with Crippen LogP contribution in [0.1, 0.15) is 24.8 Å². The molecule has 2 saturated carbocycles. The summed E-state index contributed by atoms with van der Waals surface area (Å²) in [5, 5.41) is 3.41. The molecule has 0 radical (unpaired) electrons. The first-order chi connectivity index (χ1) is 8.76. The Hall–Kier alpha value is -1.02. The van der Waals surface area contributed by atoms with Crippen LogP contribution in [0.3, 0.4) is 0 Å². The van der Waals surface area contributed by atoms with E-state index in [0.29, 0.717) is 5.41 Å². The lowest BCUT2D eigenvalue weighted by Gasteiger charge is -2.31. The highest BCUT2D eigenvalue weighted by molar-refractivity contribution is 5.34. The maximum atomic E-state index is 5.50. The van der Waals surface area contributed by atoms with Crippen LogP contribution in [-0.2, 0) is 6.42 Å². The largest absolute Gasteiger partial charge is 0.496 e. The third-order valence-corrected chi connectivity index (χ3v) is 4.77. The molecule has 0 saturated heterocycles. The molecule has 2 unspecified atom stereocenters. The van der Waals surface area contributed by atoms with Gasteiger partial charge in [-0.05, 0) is 61.6 Å². The zero-order valence-electron chi connectivity index (χ0n) is 11.4. The summed E-state index contributed by atoms with van der Waals surface area (Å²) in [5.74, 6) is 3.09. The SMILES string of the molecule is CNCC1(Cc2ccccc2OC)CC2CC2C1. The average molecular weight is 245 g/mol. The summed E-state index contributed by atoms with van der Waals surface area (Å²) in [6, 6.07) is 8.48. The number of methoxy groups -OCH3 is 1. The van der Waals surface area contributed by atoms with Crippen molar-refractivity contribution in [2.45, 2.75) is 25.7 Å². The van der Waals surface area contributed by atoms with Gasteiger partial charge in [-0.2, -0.15) is 0 Å². The molecule has 1 aromatic carbocycles. The van der Waals surface area contributed by atoms with Crippen molar-refractivity contribution < 1.29 is 4.74 Å². The fourth-order valence-electron chi connectivity index (χ4n) is 3.99. The number of ether oxygens (including phenoxy) is 1. The van der Waals surface area contributed by atoms with Gasteiger partial charge in [-0.3, -0.25) is 0 Å². The molecule has 1 N–H and O–H groups in total. The van der Waals surface area contributed by atoms with E-state index in [9.17, 15) is 0 Å². The molecular formula is C16H23NO. The molecule has 2 aliphatic rings. The number of hydrogen-bond acceptors (Lipinski definition) is 2. The second-order valence-electron chi connectivity index (χ2n) is 6.18. The van der Waals surface area contributed by atoms with E-state index in [1.54, 1.807) is 7.11 Å². The minimum atomic E-state index is 0.469. The molecule has 2 aliphatic carbocycles. The van der Waals surface area contributed by atoms with Crippen molar-refractivity contribution in [2.24, 2.45) is 17.3 Å². The number of benzene rings is 1. The van der Waals surface area contributed by atoms with Gasteiger partial charge in [-0.1, -0.05) is 18.2 Å². The highest BCUT2D eigenvalue weighted by Gasteiger charge is 2.53. The van der Waals surface area contributed by atoms with Crippen LogP contribution < -0.4 is 10.1 Å². The Kier molecular flexibility index (Phi) is 3.06. The molecule has 0 aliphatic heterocycles. The molecule has 0 aromatic heterocycles. The second kappa shape index (κ2) is 4.58. The number of rotatable bonds is 5. The summed E-state index contributed by atoms with van der Waals surface area (Å²) in [6.07, 6.45) is 5.44. The van der Waals surface area contributed by atoms with Crippen LogP contribution in [-0.4, -0.2) is 20.7 Å². The van der Waals surface area contributed by atoms with Crippen LogP contribution in [0.25, 0.3) is 0 Å². The molecule has 1 aromatic rings. The van der Waals surface area contributed by atoms with Crippen LogP contribution >= 0.6 is 0 Å². The van der Waals surface area contributed by atoms with Crippen molar-refractivity contribution in [3.8, 4) is 5.75 Å². The molecule has 0 heterocycles. The molecule has 2 atom stereocenters. The van der Waals surface area contributed by atoms with Gasteiger partial charge in [0.15, 0.2) is 0 Å². The minimum absolute atomic E-state index is 0.469. The lowest BCUT2D eigenvalue weighted by Crippen LogP contribution is -2.33. The van der Waals surface area contributed by atoms with E-state index < -0.39 is 0 Å². The number of nitrogens with one attached hydrogen (secondary N) is 1. The Labute approximate surface area is 110 Å². The predicted molar refractivity (Wildman–Crippen MR) is 73.9 cm³/mol. The smallest absolute Gasteiger partial charge is 0.122 e. The Morgan fingerprint density at radius 1 is 1.28 bits per heavy atom. The molecule has 2 heteroatoms. The summed E-state index contributed by atoms with van der Waals surface area (Å²) in [5.41, 5.74) is 1.84. The molecule has 0 bridgehead atoms. The molecule has 18 heavy (non-hydrogen) atoms. The maximum Gasteiger partial charge on any atom is 0.122 e. The topological polar surface area (TPSA) is 21.3 Å². The lowest BCUT2D eigenvalue weighted by molar-refractivity contribution is 0.251. The van der Waals surface area contributed by atoms with Crippen LogP contribution in [0.15, 0.2) is 24.3 Å². The van der Waals surface area contributed by atoms with Gasteiger partial charge >= 0.3 is 0 Å². The Bertz CT molecular complexity index is 419. The third-order valence-electron chi connectivity index (χ3n) is 4.77. The van der Waals surface area contributed by atoms with Gasteiger partial charge in [-0.25, -0.2) is 0 Å². The van der Waals surface area contributed by atoms with Crippen LogP contribution in [0.2, 0.25) is 0 Å². The standard InChI is InChI=1S/C16H23NO/c1-17-11-16(9-13-7-14(13)10-16)8-12-5-3-4-6-15(12)18-2/h3-6,13-14,17H,7-11H2,1-2H3. The maximum absolute atomic E-state index is 5.50. The Balaban J connectivity index is 1.80. The quantitative estimate of drug-likeness (QED) is 0.861. The fourth-order valence-corrected chi connectivity index (χ4v) is 3.99. The molecule has 3 rings (SSSR count). The van der Waals surface area contributed by atoms with Crippen molar-refractivity contribution in [1.82, 2.24) is 5.32 Å². The fraction of sp³-hybridized carbons (Fsp3) is 0.625. The molecule has 2 fully saturated rings. The Morgan fingerprint density at radius 2 is 2.00 bits per heavy atom. The average Bonchev–Trinajstić information content (AvgIpc) is 2.99. The number of fused-ring (bicyclic) bond motifs is 1. The summed E-state index contributed by atoms with van der Waals surface area (Å²) in [6.45, 7) is 1.14. The first kappa shape index (κ1) is 12.0. The normalized spacial score (nSPS) is 33.2. The van der Waals surface area contributed by atoms with Gasteiger partial charge in [0.2, 0.25) is 0 Å². The van der Waals surface area contributed by atoms with Gasteiger partial charge in [0.25, 0.3) is 0 Å². The van der Waals surface area contributed by atoms with E-state index in [1.165, 1.54) is 24.8 Å². The highest BCUT2D eigenvalue weighted by atomic mass is 16.5. The summed E-state index contributed by atoms with van der Waals surface area (Å²) in [7, 11) is 3.85. The molecular weight excluding hydrogens is 222 g/mol. The van der Waals surface area contributed by atoms with Crippen molar-refractivity contribution in [1.29, 1.82) is 0 Å². The summed E-state index contributed by atoms with van der Waals surface area (Å²) < 4.78 is 5.50. The van der Waals surface area contributed by atoms with Gasteiger partial charge in [0.1, 0.15) is 5.75 Å². The van der Waals surface area contributed by atoms with Gasteiger partial charge < -0.3 is 10.1 Å². The summed E-state index contributed by atoms with van der Waals surface area (Å²) >= 11 is 0. The highest BCUT2D eigenvalue weighted by Crippen LogP contribution is 2.60. The number of para-hydroxylation sites is 1. The van der Waals surface area contributed by atoms with Crippen LogP contribution in [0.4, 0.5) is 0 Å². The van der Waals surface area contributed by atoms with Crippen molar-refractivity contribution in [2.75, 3.05) is 20.7 Å².